The third-order valence-electron chi connectivity index (χ3n) is 9.53. The van der Waals surface area contributed by atoms with E-state index in [1.165, 1.54) is 103 Å². The average Bonchev–Trinajstić information content (AvgIpc) is 3.31. The maximum absolute atomic E-state index is 12.3. The molecule has 0 spiro atoms. The summed E-state index contributed by atoms with van der Waals surface area (Å²) in [6.45, 7) is 0.170. The molecule has 2 aliphatic rings. The third kappa shape index (κ3) is 14.8. The van der Waals surface area contributed by atoms with Gasteiger partial charge in [-0.05, 0) is 6.42 Å². The normalized spacial score (nSPS) is 31.0. The molecule has 2 saturated heterocycles. The van der Waals surface area contributed by atoms with Gasteiger partial charge in [0.1, 0.15) is 55.9 Å². The average molecular weight is 679 g/mol. The second-order valence-corrected chi connectivity index (χ2v) is 13.5. The van der Waals surface area contributed by atoms with E-state index in [2.05, 4.69) is 6.92 Å². The number of unbranched alkanes of at least 4 members (excludes halogenated alkanes) is 19. The molecule has 12 heteroatoms. The number of aliphatic hydroxyl groups is 7. The van der Waals surface area contributed by atoms with E-state index in [9.17, 15) is 40.5 Å². The van der Waals surface area contributed by atoms with Gasteiger partial charge in [0.15, 0.2) is 6.29 Å². The minimum absolute atomic E-state index is 0.195. The lowest BCUT2D eigenvalue weighted by atomic mass is 9.99. The standard InChI is InChI=1S/C35H66O12/c1-2-3-4-5-6-7-8-9-10-11-12-13-14-15-16-17-18-19-20-21-22-28(38)44-24-27-29(39)31(41)32(42)34(45-27)47-35(25-37)33(43)30(40)26(23-36)46-35/h26-27,29-34,36-37,39-43H,2-25H2,1H3/t26-,27-,29-,30-,31+,32-,33+,34-,35+/m1/s1. The third-order valence-corrected chi connectivity index (χ3v) is 9.53. The summed E-state index contributed by atoms with van der Waals surface area (Å²) in [6, 6.07) is 0. The van der Waals surface area contributed by atoms with Crippen molar-refractivity contribution < 1.29 is 59.5 Å². The lowest BCUT2D eigenvalue weighted by Crippen LogP contribution is -2.62. The summed E-state index contributed by atoms with van der Waals surface area (Å²) in [4.78, 5) is 12.3. The van der Waals surface area contributed by atoms with Crippen LogP contribution in [0.25, 0.3) is 0 Å². The zero-order valence-electron chi connectivity index (χ0n) is 28.8. The molecule has 0 aromatic carbocycles. The van der Waals surface area contributed by atoms with Crippen LogP contribution in [0.3, 0.4) is 0 Å². The van der Waals surface area contributed by atoms with Crippen LogP contribution < -0.4 is 0 Å². The van der Waals surface area contributed by atoms with Crippen molar-refractivity contribution in [1.29, 1.82) is 0 Å². The van der Waals surface area contributed by atoms with Crippen LogP contribution in [0, 0.1) is 0 Å². The molecule has 0 radical (unpaired) electrons. The highest BCUT2D eigenvalue weighted by Gasteiger charge is 2.58. The number of hydrogen-bond acceptors (Lipinski definition) is 12. The quantitative estimate of drug-likeness (QED) is 0.0495. The van der Waals surface area contributed by atoms with Crippen LogP contribution in [0.1, 0.15) is 142 Å². The van der Waals surface area contributed by atoms with Crippen molar-refractivity contribution in [2.45, 2.75) is 197 Å². The first-order chi connectivity index (χ1) is 22.7. The summed E-state index contributed by atoms with van der Waals surface area (Å²) < 4.78 is 21.5. The topological polar surface area (TPSA) is 196 Å². The first kappa shape index (κ1) is 42.2. The van der Waals surface area contributed by atoms with Gasteiger partial charge in [0.2, 0.25) is 5.79 Å². The molecule has 0 amide bonds. The van der Waals surface area contributed by atoms with E-state index >= 15 is 0 Å². The number of esters is 1. The summed E-state index contributed by atoms with van der Waals surface area (Å²) in [6.07, 6.45) is 12.7. The first-order valence-electron chi connectivity index (χ1n) is 18.5. The molecule has 2 heterocycles. The van der Waals surface area contributed by atoms with Crippen molar-refractivity contribution in [3.63, 3.8) is 0 Å². The van der Waals surface area contributed by atoms with Crippen LogP contribution in [0.15, 0.2) is 0 Å². The summed E-state index contributed by atoms with van der Waals surface area (Å²) >= 11 is 0. The van der Waals surface area contributed by atoms with Crippen LogP contribution in [-0.4, -0.2) is 116 Å². The van der Waals surface area contributed by atoms with E-state index in [4.69, 9.17) is 18.9 Å². The number of rotatable bonds is 27. The van der Waals surface area contributed by atoms with Crippen LogP contribution in [0.4, 0.5) is 0 Å². The number of carbonyl (C=O) groups is 1. The van der Waals surface area contributed by atoms with Crippen molar-refractivity contribution in [2.75, 3.05) is 19.8 Å². The molecule has 9 atom stereocenters. The molecule has 0 unspecified atom stereocenters. The summed E-state index contributed by atoms with van der Waals surface area (Å²) in [5, 5.41) is 70.7. The summed E-state index contributed by atoms with van der Waals surface area (Å²) in [5.74, 6) is -2.76. The Morgan fingerprint density at radius 3 is 1.51 bits per heavy atom. The number of aliphatic hydroxyl groups excluding tert-OH is 7. The molecule has 7 N–H and O–H groups in total. The van der Waals surface area contributed by atoms with E-state index in [1.807, 2.05) is 0 Å². The van der Waals surface area contributed by atoms with E-state index in [1.54, 1.807) is 0 Å². The van der Waals surface area contributed by atoms with Crippen LogP contribution in [-0.2, 0) is 23.7 Å². The Kier molecular flexibility index (Phi) is 21.8. The van der Waals surface area contributed by atoms with Crippen LogP contribution >= 0.6 is 0 Å². The van der Waals surface area contributed by atoms with Gasteiger partial charge in [-0.2, -0.15) is 0 Å². The molecule has 0 bridgehead atoms. The maximum atomic E-state index is 12.3. The Labute approximate surface area is 281 Å². The number of ether oxygens (including phenoxy) is 4. The smallest absolute Gasteiger partial charge is 0.305 e. The summed E-state index contributed by atoms with van der Waals surface area (Å²) in [7, 11) is 0. The molecular formula is C35H66O12. The SMILES string of the molecule is CCCCCCCCCCCCCCCCCCCCCCC(=O)OC[C@H]1O[C@H](O[C@]2(CO)O[C@H](CO)[C@@H](O)[C@@H]2O)[C@H](O)[C@@H](O)[C@@H]1O. The predicted molar refractivity (Wildman–Crippen MR) is 175 cm³/mol. The van der Waals surface area contributed by atoms with Gasteiger partial charge >= 0.3 is 5.97 Å². The highest BCUT2D eigenvalue weighted by molar-refractivity contribution is 5.69. The lowest BCUT2D eigenvalue weighted by Gasteiger charge is -2.43. The van der Waals surface area contributed by atoms with Crippen molar-refractivity contribution in [3.05, 3.63) is 0 Å². The van der Waals surface area contributed by atoms with Crippen molar-refractivity contribution >= 4 is 5.97 Å². The highest BCUT2D eigenvalue weighted by Crippen LogP contribution is 2.36. The molecule has 2 aliphatic heterocycles. The molecule has 0 saturated carbocycles. The fourth-order valence-corrected chi connectivity index (χ4v) is 6.39. The predicted octanol–water partition coefficient (Wildman–Crippen LogP) is 3.37. The molecule has 0 aromatic heterocycles. The van der Waals surface area contributed by atoms with Gasteiger partial charge in [-0.15, -0.1) is 0 Å². The maximum Gasteiger partial charge on any atom is 0.305 e. The van der Waals surface area contributed by atoms with Crippen LogP contribution in [0.5, 0.6) is 0 Å². The van der Waals surface area contributed by atoms with Crippen molar-refractivity contribution in [3.8, 4) is 0 Å². The lowest BCUT2D eigenvalue weighted by molar-refractivity contribution is -0.383. The fraction of sp³-hybridized carbons (Fsp3) is 0.971. The van der Waals surface area contributed by atoms with Gasteiger partial charge in [-0.25, -0.2) is 0 Å². The zero-order chi connectivity index (χ0) is 34.5. The second kappa shape index (κ2) is 24.3. The van der Waals surface area contributed by atoms with Gasteiger partial charge in [-0.1, -0.05) is 129 Å². The Balaban J connectivity index is 1.50. The Morgan fingerprint density at radius 2 is 1.09 bits per heavy atom. The fourth-order valence-electron chi connectivity index (χ4n) is 6.39. The van der Waals surface area contributed by atoms with Gasteiger partial charge in [0.25, 0.3) is 0 Å². The molecule has 0 aromatic rings. The van der Waals surface area contributed by atoms with E-state index in [-0.39, 0.29) is 6.42 Å². The van der Waals surface area contributed by atoms with Gasteiger partial charge in [-0.3, -0.25) is 4.79 Å². The monoisotopic (exact) mass is 678 g/mol. The number of hydrogen-bond donors (Lipinski definition) is 7. The molecule has 0 aliphatic carbocycles. The highest BCUT2D eigenvalue weighted by atomic mass is 16.8. The summed E-state index contributed by atoms with van der Waals surface area (Å²) in [5.41, 5.74) is 0. The van der Waals surface area contributed by atoms with E-state index in [0.29, 0.717) is 6.42 Å². The minimum Gasteiger partial charge on any atom is -0.463 e. The Morgan fingerprint density at radius 1 is 0.617 bits per heavy atom. The van der Waals surface area contributed by atoms with Gasteiger partial charge < -0.3 is 54.7 Å². The molecule has 278 valence electrons. The first-order valence-corrected chi connectivity index (χ1v) is 18.5. The zero-order valence-corrected chi connectivity index (χ0v) is 28.8. The van der Waals surface area contributed by atoms with Crippen LogP contribution in [0.2, 0.25) is 0 Å². The van der Waals surface area contributed by atoms with E-state index in [0.717, 1.165) is 19.3 Å². The molecular weight excluding hydrogens is 612 g/mol. The van der Waals surface area contributed by atoms with Gasteiger partial charge in [0.05, 0.1) is 6.61 Å². The second-order valence-electron chi connectivity index (χ2n) is 13.5. The minimum atomic E-state index is -2.27. The van der Waals surface area contributed by atoms with Crippen molar-refractivity contribution in [1.82, 2.24) is 0 Å². The molecule has 47 heavy (non-hydrogen) atoms. The largest absolute Gasteiger partial charge is 0.463 e. The van der Waals surface area contributed by atoms with Crippen molar-refractivity contribution in [2.24, 2.45) is 0 Å². The Hall–Kier alpha value is -0.930. The Bertz CT molecular complexity index is 803. The van der Waals surface area contributed by atoms with E-state index < -0.39 is 80.6 Å². The van der Waals surface area contributed by atoms with Gasteiger partial charge in [0, 0.05) is 6.42 Å². The number of carbonyl (C=O) groups excluding carboxylic acids is 1. The molecule has 2 rings (SSSR count). The molecule has 2 fully saturated rings. The molecule has 12 nitrogen and oxygen atoms in total.